The van der Waals surface area contributed by atoms with Crippen LogP contribution in [0.4, 0.5) is 10.1 Å². The monoisotopic (exact) mass is 333 g/mol. The SMILES string of the molecule is Cc1ccc(C(=O)Oc2ccc(C=Nc3ccc(F)cc3)cc2)cc1. The van der Waals surface area contributed by atoms with Crippen molar-refractivity contribution in [2.45, 2.75) is 6.92 Å². The number of benzene rings is 3. The van der Waals surface area contributed by atoms with Gasteiger partial charge in [-0.1, -0.05) is 17.7 Å². The third-order valence-electron chi connectivity index (χ3n) is 3.57. The van der Waals surface area contributed by atoms with Crippen LogP contribution in [-0.4, -0.2) is 12.2 Å². The number of esters is 1. The van der Waals surface area contributed by atoms with E-state index >= 15 is 0 Å². The van der Waals surface area contributed by atoms with Crippen LogP contribution in [0.2, 0.25) is 0 Å². The highest BCUT2D eigenvalue weighted by Crippen LogP contribution is 2.16. The predicted molar refractivity (Wildman–Crippen MR) is 96.2 cm³/mol. The van der Waals surface area contributed by atoms with Crippen molar-refractivity contribution < 1.29 is 13.9 Å². The summed E-state index contributed by atoms with van der Waals surface area (Å²) in [4.78, 5) is 16.3. The molecule has 0 amide bonds. The normalized spacial score (nSPS) is 10.8. The minimum atomic E-state index is -0.396. The fraction of sp³-hybridized carbons (Fsp3) is 0.0476. The van der Waals surface area contributed by atoms with E-state index in [9.17, 15) is 9.18 Å². The molecule has 0 fully saturated rings. The Morgan fingerprint density at radius 2 is 1.56 bits per heavy atom. The molecule has 0 unspecified atom stereocenters. The molecule has 3 aromatic carbocycles. The van der Waals surface area contributed by atoms with Gasteiger partial charge in [-0.2, -0.15) is 0 Å². The molecule has 0 radical (unpaired) electrons. The summed E-state index contributed by atoms with van der Waals surface area (Å²) in [5.74, 6) is -0.226. The molecule has 0 N–H and O–H groups in total. The summed E-state index contributed by atoms with van der Waals surface area (Å²) >= 11 is 0. The molecule has 0 aliphatic rings. The Bertz CT molecular complexity index is 883. The average Bonchev–Trinajstić information content (AvgIpc) is 2.63. The first-order valence-electron chi connectivity index (χ1n) is 7.79. The van der Waals surface area contributed by atoms with Crippen molar-refractivity contribution in [2.75, 3.05) is 0 Å². The number of halogens is 1. The van der Waals surface area contributed by atoms with Gasteiger partial charge in [-0.3, -0.25) is 4.99 Å². The second-order valence-corrected chi connectivity index (χ2v) is 5.56. The van der Waals surface area contributed by atoms with Gasteiger partial charge in [0.25, 0.3) is 0 Å². The third kappa shape index (κ3) is 4.61. The molecule has 25 heavy (non-hydrogen) atoms. The van der Waals surface area contributed by atoms with Crippen LogP contribution in [-0.2, 0) is 0 Å². The summed E-state index contributed by atoms with van der Waals surface area (Å²) in [6, 6.07) is 20.1. The molecule has 0 bridgehead atoms. The van der Waals surface area contributed by atoms with E-state index in [1.807, 2.05) is 19.1 Å². The molecule has 0 spiro atoms. The first kappa shape index (κ1) is 16.6. The quantitative estimate of drug-likeness (QED) is 0.378. The number of aryl methyl sites for hydroxylation is 1. The summed E-state index contributed by atoms with van der Waals surface area (Å²) < 4.78 is 18.2. The zero-order valence-corrected chi connectivity index (χ0v) is 13.6. The van der Waals surface area contributed by atoms with E-state index in [2.05, 4.69) is 4.99 Å². The molecule has 0 heterocycles. The van der Waals surface area contributed by atoms with Gasteiger partial charge in [0.15, 0.2) is 0 Å². The molecule has 0 aromatic heterocycles. The molecular weight excluding hydrogens is 317 g/mol. The molecule has 0 aliphatic carbocycles. The maximum atomic E-state index is 12.8. The van der Waals surface area contributed by atoms with Crippen LogP contribution < -0.4 is 4.74 Å². The van der Waals surface area contributed by atoms with E-state index in [4.69, 9.17) is 4.74 Å². The zero-order chi connectivity index (χ0) is 17.6. The summed E-state index contributed by atoms with van der Waals surface area (Å²) in [7, 11) is 0. The van der Waals surface area contributed by atoms with Gasteiger partial charge in [-0.25, -0.2) is 9.18 Å². The summed E-state index contributed by atoms with van der Waals surface area (Å²) in [5.41, 5.74) is 3.10. The van der Waals surface area contributed by atoms with E-state index in [1.54, 1.807) is 54.7 Å². The Balaban J connectivity index is 1.64. The van der Waals surface area contributed by atoms with Crippen molar-refractivity contribution in [3.63, 3.8) is 0 Å². The van der Waals surface area contributed by atoms with Crippen LogP contribution in [0.1, 0.15) is 21.5 Å². The largest absolute Gasteiger partial charge is 0.423 e. The number of carbonyl (C=O) groups is 1. The Labute approximate surface area is 145 Å². The minimum Gasteiger partial charge on any atom is -0.423 e. The number of nitrogens with zero attached hydrogens (tertiary/aromatic N) is 1. The van der Waals surface area contributed by atoms with Gasteiger partial charge in [-0.15, -0.1) is 0 Å². The van der Waals surface area contributed by atoms with Gasteiger partial charge in [-0.05, 0) is 73.2 Å². The Hall–Kier alpha value is -3.27. The molecule has 124 valence electrons. The van der Waals surface area contributed by atoms with Gasteiger partial charge in [0.2, 0.25) is 0 Å². The third-order valence-corrected chi connectivity index (χ3v) is 3.57. The van der Waals surface area contributed by atoms with E-state index < -0.39 is 5.97 Å². The second kappa shape index (κ2) is 7.53. The van der Waals surface area contributed by atoms with Crippen LogP contribution in [0.25, 0.3) is 0 Å². The van der Waals surface area contributed by atoms with E-state index in [0.29, 0.717) is 17.0 Å². The maximum absolute atomic E-state index is 12.8. The lowest BCUT2D eigenvalue weighted by Crippen LogP contribution is -2.08. The van der Waals surface area contributed by atoms with Gasteiger partial charge in [0.1, 0.15) is 11.6 Å². The van der Waals surface area contributed by atoms with Crippen molar-refractivity contribution in [1.29, 1.82) is 0 Å². The van der Waals surface area contributed by atoms with Crippen molar-refractivity contribution in [2.24, 2.45) is 4.99 Å². The van der Waals surface area contributed by atoms with Crippen LogP contribution in [0.15, 0.2) is 77.8 Å². The second-order valence-electron chi connectivity index (χ2n) is 5.56. The van der Waals surface area contributed by atoms with Crippen LogP contribution >= 0.6 is 0 Å². The van der Waals surface area contributed by atoms with E-state index in [1.165, 1.54) is 12.1 Å². The summed E-state index contributed by atoms with van der Waals surface area (Å²) in [5, 5.41) is 0. The highest BCUT2D eigenvalue weighted by molar-refractivity contribution is 5.91. The van der Waals surface area contributed by atoms with Crippen molar-refractivity contribution in [3.8, 4) is 5.75 Å². The Morgan fingerprint density at radius 3 is 2.20 bits per heavy atom. The predicted octanol–water partition coefficient (Wildman–Crippen LogP) is 5.10. The van der Waals surface area contributed by atoms with Crippen molar-refractivity contribution >= 4 is 17.9 Å². The maximum Gasteiger partial charge on any atom is 0.343 e. The molecule has 4 heteroatoms. The van der Waals surface area contributed by atoms with E-state index in [-0.39, 0.29) is 5.82 Å². The fourth-order valence-corrected chi connectivity index (χ4v) is 2.15. The van der Waals surface area contributed by atoms with Crippen LogP contribution in [0.3, 0.4) is 0 Å². The van der Waals surface area contributed by atoms with Gasteiger partial charge >= 0.3 is 5.97 Å². The molecule has 3 aromatic rings. The van der Waals surface area contributed by atoms with Gasteiger partial charge in [0.05, 0.1) is 11.3 Å². The molecular formula is C21H16FNO2. The van der Waals surface area contributed by atoms with Gasteiger partial charge < -0.3 is 4.74 Å². The zero-order valence-electron chi connectivity index (χ0n) is 13.6. The number of carbonyl (C=O) groups excluding carboxylic acids is 1. The Kier molecular flexibility index (Phi) is 5.00. The lowest BCUT2D eigenvalue weighted by Gasteiger charge is -2.05. The minimum absolute atomic E-state index is 0.293. The molecule has 0 saturated carbocycles. The highest BCUT2D eigenvalue weighted by Gasteiger charge is 2.07. The van der Waals surface area contributed by atoms with Crippen LogP contribution in [0.5, 0.6) is 5.75 Å². The number of rotatable bonds is 4. The standard InChI is InChI=1S/C21H16FNO2/c1-15-2-6-17(7-3-15)21(24)25-20-12-4-16(5-13-20)14-23-19-10-8-18(22)9-11-19/h2-14H,1H3. The molecule has 0 aliphatic heterocycles. The van der Waals surface area contributed by atoms with Crippen LogP contribution in [0, 0.1) is 12.7 Å². The number of hydrogen-bond donors (Lipinski definition) is 0. The van der Waals surface area contributed by atoms with Crippen molar-refractivity contribution in [3.05, 3.63) is 95.3 Å². The molecule has 3 nitrogen and oxygen atoms in total. The number of ether oxygens (including phenoxy) is 1. The fourth-order valence-electron chi connectivity index (χ4n) is 2.15. The number of aliphatic imine (C=N–C) groups is 1. The summed E-state index contributed by atoms with van der Waals surface area (Å²) in [6.45, 7) is 1.96. The lowest BCUT2D eigenvalue weighted by atomic mass is 10.1. The number of hydrogen-bond acceptors (Lipinski definition) is 3. The van der Waals surface area contributed by atoms with Gasteiger partial charge in [0, 0.05) is 6.21 Å². The molecule has 3 rings (SSSR count). The highest BCUT2D eigenvalue weighted by atomic mass is 19.1. The smallest absolute Gasteiger partial charge is 0.343 e. The Morgan fingerprint density at radius 1 is 0.920 bits per heavy atom. The first-order chi connectivity index (χ1) is 12.1. The van der Waals surface area contributed by atoms with E-state index in [0.717, 1.165) is 11.1 Å². The first-order valence-corrected chi connectivity index (χ1v) is 7.79. The molecule has 0 atom stereocenters. The molecule has 0 saturated heterocycles. The topological polar surface area (TPSA) is 38.7 Å². The lowest BCUT2D eigenvalue weighted by molar-refractivity contribution is 0.0735. The average molecular weight is 333 g/mol. The summed E-state index contributed by atoms with van der Waals surface area (Å²) in [6.07, 6.45) is 1.67. The van der Waals surface area contributed by atoms with Crippen molar-refractivity contribution in [1.82, 2.24) is 0 Å².